The van der Waals surface area contributed by atoms with E-state index in [1.807, 2.05) is 0 Å². The van der Waals surface area contributed by atoms with Gasteiger partial charge in [-0.2, -0.15) is 0 Å². The molecule has 0 bridgehead atoms. The van der Waals surface area contributed by atoms with Gasteiger partial charge in [-0.15, -0.1) is 0 Å². The second-order valence-electron chi connectivity index (χ2n) is 9.75. The zero-order chi connectivity index (χ0) is 22.2. The predicted molar refractivity (Wildman–Crippen MR) is 142 cm³/mol. The highest BCUT2D eigenvalue weighted by molar-refractivity contribution is 6.19. The van der Waals surface area contributed by atoms with Gasteiger partial charge in [-0.25, -0.2) is 0 Å². The molecule has 0 saturated carbocycles. The molecule has 0 amide bonds. The Kier molecular flexibility index (Phi) is 3.71. The lowest BCUT2D eigenvalue weighted by atomic mass is 9.79. The Hall–Kier alpha value is -3.90. The highest BCUT2D eigenvalue weighted by Crippen LogP contribution is 2.54. The second-order valence-corrected chi connectivity index (χ2v) is 9.75. The molecular formula is C33H24. The lowest BCUT2D eigenvalue weighted by Gasteiger charge is -2.24. The first kappa shape index (κ1) is 18.7. The number of benzene rings is 6. The van der Waals surface area contributed by atoms with Crippen molar-refractivity contribution in [2.75, 3.05) is 0 Å². The van der Waals surface area contributed by atoms with Gasteiger partial charge < -0.3 is 0 Å². The minimum absolute atomic E-state index is 0.0326. The van der Waals surface area contributed by atoms with Crippen molar-refractivity contribution in [3.63, 3.8) is 0 Å². The Balaban J connectivity index is 1.62. The van der Waals surface area contributed by atoms with Crippen LogP contribution in [0.5, 0.6) is 0 Å². The lowest BCUT2D eigenvalue weighted by molar-refractivity contribution is 0.666. The van der Waals surface area contributed by atoms with Gasteiger partial charge in [-0.3, -0.25) is 0 Å². The van der Waals surface area contributed by atoms with E-state index in [0.29, 0.717) is 0 Å². The number of hydrogen-bond donors (Lipinski definition) is 0. The number of rotatable bonds is 1. The van der Waals surface area contributed by atoms with Crippen LogP contribution in [-0.4, -0.2) is 0 Å². The molecule has 0 radical (unpaired) electrons. The van der Waals surface area contributed by atoms with E-state index in [1.165, 1.54) is 65.7 Å². The van der Waals surface area contributed by atoms with Crippen LogP contribution in [0.1, 0.15) is 25.0 Å². The van der Waals surface area contributed by atoms with Crippen LogP contribution in [-0.2, 0) is 5.41 Å². The van der Waals surface area contributed by atoms with Crippen molar-refractivity contribution in [2.45, 2.75) is 19.3 Å². The molecule has 0 heteroatoms. The minimum Gasteiger partial charge on any atom is -0.0619 e. The molecule has 1 aliphatic rings. The maximum absolute atomic E-state index is 2.42. The van der Waals surface area contributed by atoms with E-state index in [9.17, 15) is 0 Å². The monoisotopic (exact) mass is 420 g/mol. The summed E-state index contributed by atoms with van der Waals surface area (Å²) in [6.07, 6.45) is 0. The van der Waals surface area contributed by atoms with Gasteiger partial charge >= 0.3 is 0 Å². The van der Waals surface area contributed by atoms with Crippen LogP contribution in [0, 0.1) is 0 Å². The molecule has 0 unspecified atom stereocenters. The zero-order valence-corrected chi connectivity index (χ0v) is 18.9. The van der Waals surface area contributed by atoms with E-state index in [0.717, 1.165) is 0 Å². The van der Waals surface area contributed by atoms with Gasteiger partial charge in [0.15, 0.2) is 0 Å². The van der Waals surface area contributed by atoms with Crippen molar-refractivity contribution in [3.05, 3.63) is 120 Å². The summed E-state index contributed by atoms with van der Waals surface area (Å²) in [7, 11) is 0. The molecular weight excluding hydrogens is 396 g/mol. The maximum Gasteiger partial charge on any atom is 0.0165 e. The van der Waals surface area contributed by atoms with E-state index in [-0.39, 0.29) is 5.41 Å². The van der Waals surface area contributed by atoms with Crippen LogP contribution in [0.3, 0.4) is 0 Å². The normalized spacial score (nSPS) is 14.0. The quantitative estimate of drug-likeness (QED) is 0.233. The molecule has 6 aromatic rings. The summed E-state index contributed by atoms with van der Waals surface area (Å²) >= 11 is 0. The van der Waals surface area contributed by atoms with Crippen molar-refractivity contribution in [2.24, 2.45) is 0 Å². The van der Waals surface area contributed by atoms with Gasteiger partial charge in [-0.05, 0) is 71.8 Å². The molecule has 0 fully saturated rings. The molecule has 6 aromatic carbocycles. The van der Waals surface area contributed by atoms with Gasteiger partial charge in [-0.1, -0.05) is 117 Å². The van der Waals surface area contributed by atoms with E-state index in [4.69, 9.17) is 0 Å². The van der Waals surface area contributed by atoms with Crippen LogP contribution in [0.2, 0.25) is 0 Å². The van der Waals surface area contributed by atoms with Gasteiger partial charge in [0.05, 0.1) is 0 Å². The highest BCUT2D eigenvalue weighted by Gasteiger charge is 2.38. The molecule has 0 heterocycles. The molecule has 0 N–H and O–H groups in total. The molecule has 0 saturated heterocycles. The van der Waals surface area contributed by atoms with Gasteiger partial charge in [0.1, 0.15) is 0 Å². The summed E-state index contributed by atoms with van der Waals surface area (Å²) < 4.78 is 0. The standard InChI is InChI=1S/C33H24/c1-33(2)30-17-8-7-15-28(30)31-26-14-6-5-13-25(26)29-20-22(18-19-27(29)32(31)33)24-16-9-11-21-10-3-4-12-23(21)24/h3-20H,1-2H3. The fourth-order valence-corrected chi connectivity index (χ4v) is 6.14. The Bertz CT molecular complexity index is 1730. The molecule has 7 rings (SSSR count). The Morgan fingerprint density at radius 3 is 2.03 bits per heavy atom. The van der Waals surface area contributed by atoms with E-state index >= 15 is 0 Å². The van der Waals surface area contributed by atoms with Crippen molar-refractivity contribution in [1.82, 2.24) is 0 Å². The summed E-state index contributed by atoms with van der Waals surface area (Å²) in [5.41, 5.74) is 8.22. The predicted octanol–water partition coefficient (Wildman–Crippen LogP) is 9.12. The van der Waals surface area contributed by atoms with Crippen molar-refractivity contribution in [1.29, 1.82) is 0 Å². The van der Waals surface area contributed by atoms with Crippen LogP contribution >= 0.6 is 0 Å². The molecule has 0 spiro atoms. The van der Waals surface area contributed by atoms with Crippen LogP contribution in [0.15, 0.2) is 109 Å². The van der Waals surface area contributed by atoms with Crippen LogP contribution in [0.4, 0.5) is 0 Å². The van der Waals surface area contributed by atoms with Gasteiger partial charge in [0, 0.05) is 5.41 Å². The zero-order valence-electron chi connectivity index (χ0n) is 18.9. The third kappa shape index (κ3) is 2.47. The van der Waals surface area contributed by atoms with Crippen molar-refractivity contribution >= 4 is 32.3 Å². The average molecular weight is 421 g/mol. The minimum atomic E-state index is -0.0326. The largest absolute Gasteiger partial charge is 0.0619 e. The summed E-state index contributed by atoms with van der Waals surface area (Å²) in [5, 5.41) is 7.99. The molecule has 1 aliphatic carbocycles. The Morgan fingerprint density at radius 2 is 1.15 bits per heavy atom. The van der Waals surface area contributed by atoms with Gasteiger partial charge in [0.2, 0.25) is 0 Å². The topological polar surface area (TPSA) is 0 Å². The SMILES string of the molecule is CC1(C)c2ccccc2-c2c1c1ccc(-c3cccc4ccccc34)cc1c1ccccc21. The molecule has 0 aliphatic heterocycles. The molecule has 33 heavy (non-hydrogen) atoms. The van der Waals surface area contributed by atoms with Crippen LogP contribution in [0.25, 0.3) is 54.6 Å². The van der Waals surface area contributed by atoms with Crippen molar-refractivity contribution < 1.29 is 0 Å². The first-order chi connectivity index (χ1) is 16.1. The summed E-state index contributed by atoms with van der Waals surface area (Å²) in [4.78, 5) is 0. The summed E-state index contributed by atoms with van der Waals surface area (Å²) in [6, 6.07) is 40.3. The number of hydrogen-bond acceptors (Lipinski definition) is 0. The number of fused-ring (bicyclic) bond motifs is 9. The molecule has 0 aromatic heterocycles. The molecule has 0 nitrogen and oxygen atoms in total. The average Bonchev–Trinajstić information content (AvgIpc) is 3.11. The van der Waals surface area contributed by atoms with Crippen molar-refractivity contribution in [3.8, 4) is 22.3 Å². The summed E-state index contributed by atoms with van der Waals surface area (Å²) in [5.74, 6) is 0. The van der Waals surface area contributed by atoms with E-state index in [1.54, 1.807) is 0 Å². The smallest absolute Gasteiger partial charge is 0.0165 e. The van der Waals surface area contributed by atoms with Gasteiger partial charge in [0.25, 0.3) is 0 Å². The Morgan fingerprint density at radius 1 is 0.485 bits per heavy atom. The van der Waals surface area contributed by atoms with E-state index < -0.39 is 0 Å². The third-order valence-electron chi connectivity index (χ3n) is 7.62. The fourth-order valence-electron chi connectivity index (χ4n) is 6.14. The van der Waals surface area contributed by atoms with Crippen LogP contribution < -0.4 is 0 Å². The Labute approximate surface area is 194 Å². The third-order valence-corrected chi connectivity index (χ3v) is 7.62. The molecule has 0 atom stereocenters. The highest BCUT2D eigenvalue weighted by atomic mass is 14.4. The first-order valence-electron chi connectivity index (χ1n) is 11.7. The fraction of sp³-hybridized carbons (Fsp3) is 0.0909. The molecule has 156 valence electrons. The summed E-state index contributed by atoms with van der Waals surface area (Å²) in [6.45, 7) is 4.76. The first-order valence-corrected chi connectivity index (χ1v) is 11.7. The lowest BCUT2D eigenvalue weighted by Crippen LogP contribution is -2.15. The second kappa shape index (κ2) is 6.56. The maximum atomic E-state index is 2.42. The van der Waals surface area contributed by atoms with E-state index in [2.05, 4.69) is 123 Å².